The summed E-state index contributed by atoms with van der Waals surface area (Å²) in [5.41, 5.74) is 5.16. The minimum atomic E-state index is -0.676. The molecule has 9 rings (SSSR count). The van der Waals surface area contributed by atoms with Crippen LogP contribution in [-0.4, -0.2) is 35.4 Å². The molecular formula is C72H82N5P3Zr-6. The summed E-state index contributed by atoms with van der Waals surface area (Å²) < 4.78 is 0. The molecule has 0 aliphatic carbocycles. The normalized spacial score (nSPS) is 11.8. The molecule has 420 valence electrons. The summed E-state index contributed by atoms with van der Waals surface area (Å²) in [6.07, 6.45) is 2.03. The molecule has 0 N–H and O–H groups in total. The smallest absolute Gasteiger partial charge is 0.0449 e. The standard InChI is InChI=1S/C24H26NP.2C23H25N2P.2CH3.Zr/c1-20(2)25-24(19-18-21-12-6-3-7-13-21)26(22-14-8-4-9-15-22)23-16-10-5-11-17-23;2*1-19(2)25-23(24-18-20-12-6-3-7-13-20)26(21-14-8-4-9-15-21)22-16-10-5-11-17-22;;;/h3-17,20H,18-19H2,1-2H3;2*3-17,19,23H,18H2,1-2H3;2*1H3;/q;2*-2;2*-1;. The molecule has 0 radical (unpaired) electrons. The second kappa shape index (κ2) is 38.4. The van der Waals surface area contributed by atoms with Gasteiger partial charge in [0.2, 0.25) is 0 Å². The van der Waals surface area contributed by atoms with Crippen molar-refractivity contribution in [3.8, 4) is 0 Å². The van der Waals surface area contributed by atoms with Gasteiger partial charge in [-0.15, -0.1) is 25.2 Å². The Labute approximate surface area is 511 Å². The van der Waals surface area contributed by atoms with Crippen LogP contribution in [0.3, 0.4) is 0 Å². The summed E-state index contributed by atoms with van der Waals surface area (Å²) in [4.78, 5) is 5.09. The minimum absolute atomic E-state index is 0. The van der Waals surface area contributed by atoms with E-state index in [2.05, 4.69) is 302 Å². The van der Waals surface area contributed by atoms with Gasteiger partial charge < -0.3 is 36.1 Å². The monoisotopic (exact) mass is 1200 g/mol. The Morgan fingerprint density at radius 1 is 0.346 bits per heavy atom. The van der Waals surface area contributed by atoms with E-state index >= 15 is 0 Å². The van der Waals surface area contributed by atoms with Gasteiger partial charge in [-0.2, -0.15) is 0 Å². The van der Waals surface area contributed by atoms with Gasteiger partial charge in [0.05, 0.1) is 0 Å². The molecule has 0 saturated carbocycles. The maximum Gasteiger partial charge on any atom is 0.0449 e. The summed E-state index contributed by atoms with van der Waals surface area (Å²) in [5.74, 6) is -0.0926. The van der Waals surface area contributed by atoms with E-state index < -0.39 is 23.8 Å². The van der Waals surface area contributed by atoms with E-state index in [1.165, 1.54) is 54.0 Å². The maximum absolute atomic E-state index is 5.09. The van der Waals surface area contributed by atoms with Crippen LogP contribution in [0.2, 0.25) is 0 Å². The predicted molar refractivity (Wildman–Crippen MR) is 359 cm³/mol. The van der Waals surface area contributed by atoms with Crippen molar-refractivity contribution >= 4 is 61.0 Å². The Morgan fingerprint density at radius 3 is 0.852 bits per heavy atom. The van der Waals surface area contributed by atoms with E-state index in [1.54, 1.807) is 0 Å². The van der Waals surface area contributed by atoms with Crippen LogP contribution in [0.15, 0.2) is 278 Å². The van der Waals surface area contributed by atoms with Gasteiger partial charge in [0.1, 0.15) is 0 Å². The Balaban J connectivity index is 0.000000257. The van der Waals surface area contributed by atoms with Crippen LogP contribution < -0.4 is 31.8 Å². The summed E-state index contributed by atoms with van der Waals surface area (Å²) in [6.45, 7) is 14.3. The molecule has 0 amide bonds. The van der Waals surface area contributed by atoms with Crippen molar-refractivity contribution < 1.29 is 26.2 Å². The molecule has 0 aliphatic heterocycles. The summed E-state index contributed by atoms with van der Waals surface area (Å²) >= 11 is 0. The molecule has 5 nitrogen and oxygen atoms in total. The predicted octanol–water partition coefficient (Wildman–Crippen LogP) is 18.0. The third-order valence-electron chi connectivity index (χ3n) is 12.2. The van der Waals surface area contributed by atoms with E-state index in [9.17, 15) is 0 Å². The molecule has 0 saturated heterocycles. The number of aliphatic imine (C=N–C) groups is 1. The maximum atomic E-state index is 5.09. The number of nitrogens with zero attached hydrogens (tertiary/aromatic N) is 5. The molecule has 0 aliphatic rings. The molecule has 0 aromatic heterocycles. The summed E-state index contributed by atoms with van der Waals surface area (Å²) in [6, 6.07) is 96.9. The average molecular weight is 1200 g/mol. The summed E-state index contributed by atoms with van der Waals surface area (Å²) in [5, 5.41) is 28.1. The topological polar surface area (TPSA) is 68.8 Å². The molecule has 9 heteroatoms. The van der Waals surface area contributed by atoms with Gasteiger partial charge in [-0.1, -0.05) is 328 Å². The number of aryl methyl sites for hydroxylation is 1. The Hall–Kier alpha value is -5.34. The quantitative estimate of drug-likeness (QED) is 0.0348. The van der Waals surface area contributed by atoms with Crippen molar-refractivity contribution in [3.05, 3.63) is 326 Å². The molecule has 2 unspecified atom stereocenters. The molecule has 0 fully saturated rings. The van der Waals surface area contributed by atoms with Gasteiger partial charge in [-0.05, 0) is 64.1 Å². The van der Waals surface area contributed by atoms with Gasteiger partial charge in [0, 0.05) is 45.6 Å². The molecule has 9 aromatic carbocycles. The van der Waals surface area contributed by atoms with E-state index in [1.807, 2.05) is 12.1 Å². The third-order valence-corrected chi connectivity index (χ3v) is 19.6. The SMILES string of the molecule is CC(C)N=C(CCc1ccccc1)P(c1ccccc1)c1ccccc1.CC(C)[N-]C([N-]Cc1ccccc1)P(c1ccccc1)c1ccccc1.CC(C)[N-]C([N-]Cc1ccccc1)P(c1ccccc1)c1ccccc1.[CH3-].[CH3-].[Zr]. The Morgan fingerprint density at radius 2 is 0.593 bits per heavy atom. The first kappa shape index (κ1) is 68.2. The van der Waals surface area contributed by atoms with Crippen LogP contribution in [0, 0.1) is 14.9 Å². The van der Waals surface area contributed by atoms with Crippen molar-refractivity contribution in [1.82, 2.24) is 0 Å². The van der Waals surface area contributed by atoms with E-state index in [0.29, 0.717) is 19.1 Å². The van der Waals surface area contributed by atoms with Crippen molar-refractivity contribution in [2.24, 2.45) is 4.99 Å². The molecule has 0 bridgehead atoms. The van der Waals surface area contributed by atoms with Crippen LogP contribution in [-0.2, 0) is 45.7 Å². The Bertz CT molecular complexity index is 2750. The molecular weight excluding hydrogens is 1120 g/mol. The molecule has 81 heavy (non-hydrogen) atoms. The van der Waals surface area contributed by atoms with Gasteiger partial charge in [0.15, 0.2) is 0 Å². The molecule has 0 heterocycles. The number of hydrogen-bond acceptors (Lipinski definition) is 1. The van der Waals surface area contributed by atoms with Crippen LogP contribution >= 0.6 is 23.8 Å². The minimum Gasteiger partial charge on any atom is -0.671 e. The van der Waals surface area contributed by atoms with E-state index in [0.717, 1.165) is 12.8 Å². The van der Waals surface area contributed by atoms with Crippen molar-refractivity contribution in [3.63, 3.8) is 0 Å². The Kier molecular flexibility index (Phi) is 32.3. The van der Waals surface area contributed by atoms with Crippen molar-refractivity contribution in [2.75, 3.05) is 0 Å². The number of rotatable bonds is 23. The first-order valence-electron chi connectivity index (χ1n) is 27.3. The largest absolute Gasteiger partial charge is 0.671 e. The fourth-order valence-electron chi connectivity index (χ4n) is 8.69. The first-order chi connectivity index (χ1) is 38.2. The second-order valence-electron chi connectivity index (χ2n) is 19.5. The van der Waals surface area contributed by atoms with Crippen LogP contribution in [0.4, 0.5) is 0 Å². The average Bonchev–Trinajstić information content (AvgIpc) is 3.48. The van der Waals surface area contributed by atoms with Crippen LogP contribution in [0.5, 0.6) is 0 Å². The van der Waals surface area contributed by atoms with Gasteiger partial charge in [0.25, 0.3) is 0 Å². The van der Waals surface area contributed by atoms with Gasteiger partial charge in [-0.3, -0.25) is 4.99 Å². The first-order valence-corrected chi connectivity index (χ1v) is 31.5. The summed E-state index contributed by atoms with van der Waals surface area (Å²) in [7, 11) is -1.95. The zero-order valence-corrected chi connectivity index (χ0v) is 53.9. The van der Waals surface area contributed by atoms with Crippen molar-refractivity contribution in [2.45, 2.75) is 97.4 Å². The van der Waals surface area contributed by atoms with Crippen LogP contribution in [0.25, 0.3) is 21.3 Å². The van der Waals surface area contributed by atoms with Crippen molar-refractivity contribution in [1.29, 1.82) is 0 Å². The molecule has 2 atom stereocenters. The number of benzene rings is 9. The molecule has 9 aromatic rings. The zero-order chi connectivity index (χ0) is 54.6. The van der Waals surface area contributed by atoms with E-state index in [4.69, 9.17) is 26.3 Å². The van der Waals surface area contributed by atoms with E-state index in [-0.39, 0.29) is 65.0 Å². The fraction of sp³-hybridized carbons (Fsp3) is 0.208. The fourth-order valence-corrected chi connectivity index (χ4v) is 16.1. The zero-order valence-electron chi connectivity index (χ0n) is 48.8. The van der Waals surface area contributed by atoms with Gasteiger partial charge in [-0.25, -0.2) is 11.8 Å². The van der Waals surface area contributed by atoms with Gasteiger partial charge >= 0.3 is 0 Å². The third kappa shape index (κ3) is 23.4. The second-order valence-corrected chi connectivity index (χ2v) is 26.2. The molecule has 0 spiro atoms. The number of hydrogen-bond donors (Lipinski definition) is 0. The van der Waals surface area contributed by atoms with Crippen LogP contribution in [0.1, 0.15) is 64.7 Å².